The minimum absolute atomic E-state index is 0.0905. The molecule has 1 atom stereocenters. The Kier molecular flexibility index (Phi) is 9.31. The lowest BCUT2D eigenvalue weighted by atomic mass is 10.1. The summed E-state index contributed by atoms with van der Waals surface area (Å²) in [5.74, 6) is 1.05. The van der Waals surface area contributed by atoms with E-state index in [4.69, 9.17) is 14.5 Å². The van der Waals surface area contributed by atoms with Crippen molar-refractivity contribution in [2.45, 2.75) is 70.2 Å². The van der Waals surface area contributed by atoms with E-state index in [9.17, 15) is 5.11 Å². The number of nitrogens with one attached hydrogen (secondary N) is 1. The maximum absolute atomic E-state index is 9.60. The average molecular weight is 397 g/mol. The Bertz CT molecular complexity index is 455. The van der Waals surface area contributed by atoms with E-state index in [1.54, 1.807) is 0 Å². The van der Waals surface area contributed by atoms with Crippen LogP contribution in [0.5, 0.6) is 0 Å². The van der Waals surface area contributed by atoms with Crippen LogP contribution in [-0.2, 0) is 9.47 Å². The van der Waals surface area contributed by atoms with Crippen LogP contribution in [0.1, 0.15) is 51.9 Å². The molecule has 0 radical (unpaired) electrons. The Morgan fingerprint density at radius 3 is 2.61 bits per heavy atom. The Balaban J connectivity index is 1.34. The number of hydrogen-bond donors (Lipinski definition) is 2. The van der Waals surface area contributed by atoms with Gasteiger partial charge in [-0.15, -0.1) is 0 Å². The normalized spacial score (nSPS) is 26.1. The van der Waals surface area contributed by atoms with Gasteiger partial charge in [-0.05, 0) is 58.4 Å². The lowest BCUT2D eigenvalue weighted by Crippen LogP contribution is -2.47. The molecule has 3 rings (SSSR count). The van der Waals surface area contributed by atoms with Crippen LogP contribution in [-0.4, -0.2) is 98.2 Å². The molecule has 0 amide bonds. The zero-order valence-corrected chi connectivity index (χ0v) is 17.7. The first-order valence-electron chi connectivity index (χ1n) is 11.4. The number of rotatable bonds is 8. The van der Waals surface area contributed by atoms with Crippen LogP contribution in [0, 0.1) is 0 Å². The first kappa shape index (κ1) is 21.8. The first-order chi connectivity index (χ1) is 13.7. The summed E-state index contributed by atoms with van der Waals surface area (Å²) in [4.78, 5) is 9.70. The topological polar surface area (TPSA) is 69.6 Å². The molecule has 1 unspecified atom stereocenters. The standard InChI is InChI=1S/C21H40N4O3/c1-2-22-21(23-10-4-11-24-12-6-18(26)7-13-24)25-14-8-19(9-15-25)28-17-20-5-3-16-27-20/h18-20,26H,2-17H2,1H3,(H,22,23). The van der Waals surface area contributed by atoms with Gasteiger partial charge in [0.15, 0.2) is 5.96 Å². The maximum Gasteiger partial charge on any atom is 0.193 e. The van der Waals surface area contributed by atoms with Gasteiger partial charge in [0.1, 0.15) is 0 Å². The summed E-state index contributed by atoms with van der Waals surface area (Å²) in [7, 11) is 0. The zero-order valence-electron chi connectivity index (χ0n) is 17.7. The van der Waals surface area contributed by atoms with Crippen LogP contribution >= 0.6 is 0 Å². The van der Waals surface area contributed by atoms with Gasteiger partial charge in [-0.3, -0.25) is 4.99 Å². The number of guanidine groups is 1. The summed E-state index contributed by atoms with van der Waals surface area (Å²) in [5.41, 5.74) is 0. The van der Waals surface area contributed by atoms with Gasteiger partial charge in [0.2, 0.25) is 0 Å². The highest BCUT2D eigenvalue weighted by atomic mass is 16.5. The van der Waals surface area contributed by atoms with E-state index in [0.29, 0.717) is 12.2 Å². The maximum atomic E-state index is 9.60. The molecular weight excluding hydrogens is 356 g/mol. The minimum Gasteiger partial charge on any atom is -0.393 e. The molecular formula is C21H40N4O3. The van der Waals surface area contributed by atoms with Crippen LogP contribution in [0.2, 0.25) is 0 Å². The lowest BCUT2D eigenvalue weighted by molar-refractivity contribution is -0.0367. The Morgan fingerprint density at radius 1 is 1.14 bits per heavy atom. The van der Waals surface area contributed by atoms with Crippen LogP contribution in [0.4, 0.5) is 0 Å². The largest absolute Gasteiger partial charge is 0.393 e. The highest BCUT2D eigenvalue weighted by molar-refractivity contribution is 5.80. The molecule has 0 aliphatic carbocycles. The molecule has 3 fully saturated rings. The minimum atomic E-state index is -0.0905. The molecule has 162 valence electrons. The van der Waals surface area contributed by atoms with Gasteiger partial charge in [0.25, 0.3) is 0 Å². The molecule has 7 nitrogen and oxygen atoms in total. The third-order valence-electron chi connectivity index (χ3n) is 6.07. The smallest absolute Gasteiger partial charge is 0.193 e. The third kappa shape index (κ3) is 7.17. The van der Waals surface area contributed by atoms with Gasteiger partial charge >= 0.3 is 0 Å². The zero-order chi connectivity index (χ0) is 19.6. The van der Waals surface area contributed by atoms with Crippen LogP contribution in [0.3, 0.4) is 0 Å². The number of ether oxygens (including phenoxy) is 2. The van der Waals surface area contributed by atoms with Crippen molar-refractivity contribution in [1.29, 1.82) is 0 Å². The summed E-state index contributed by atoms with van der Waals surface area (Å²) >= 11 is 0. The predicted molar refractivity (Wildman–Crippen MR) is 112 cm³/mol. The van der Waals surface area contributed by atoms with Crippen molar-refractivity contribution in [2.75, 3.05) is 59.0 Å². The van der Waals surface area contributed by atoms with E-state index in [1.807, 2.05) is 0 Å². The fourth-order valence-corrected chi connectivity index (χ4v) is 4.30. The molecule has 0 aromatic carbocycles. The number of likely N-dealkylation sites (tertiary alicyclic amines) is 2. The van der Waals surface area contributed by atoms with Crippen molar-refractivity contribution in [3.8, 4) is 0 Å². The molecule has 3 aliphatic rings. The van der Waals surface area contributed by atoms with E-state index in [-0.39, 0.29) is 6.10 Å². The third-order valence-corrected chi connectivity index (χ3v) is 6.07. The number of hydrogen-bond acceptors (Lipinski definition) is 5. The molecule has 2 N–H and O–H groups in total. The van der Waals surface area contributed by atoms with Gasteiger partial charge in [-0.2, -0.15) is 0 Å². The molecule has 28 heavy (non-hydrogen) atoms. The molecule has 0 saturated carbocycles. The molecule has 0 aromatic heterocycles. The second kappa shape index (κ2) is 12.0. The Morgan fingerprint density at radius 2 is 1.93 bits per heavy atom. The number of aliphatic hydroxyl groups excluding tert-OH is 1. The van der Waals surface area contributed by atoms with Crippen molar-refractivity contribution in [2.24, 2.45) is 4.99 Å². The second-order valence-electron chi connectivity index (χ2n) is 8.32. The highest BCUT2D eigenvalue weighted by Crippen LogP contribution is 2.18. The summed E-state index contributed by atoms with van der Waals surface area (Å²) in [6.45, 7) is 10.7. The van der Waals surface area contributed by atoms with Gasteiger partial charge in [0.05, 0.1) is 24.9 Å². The number of aliphatic imine (C=N–C) groups is 1. The fraction of sp³-hybridized carbons (Fsp3) is 0.952. The van der Waals surface area contributed by atoms with Crippen molar-refractivity contribution in [1.82, 2.24) is 15.1 Å². The van der Waals surface area contributed by atoms with Crippen molar-refractivity contribution in [3.05, 3.63) is 0 Å². The van der Waals surface area contributed by atoms with E-state index < -0.39 is 0 Å². The first-order valence-corrected chi connectivity index (χ1v) is 11.4. The Hall–Kier alpha value is -0.890. The van der Waals surface area contributed by atoms with Crippen LogP contribution in [0.15, 0.2) is 4.99 Å². The summed E-state index contributed by atoms with van der Waals surface area (Å²) in [6.07, 6.45) is 7.94. The van der Waals surface area contributed by atoms with Gasteiger partial charge in [-0.25, -0.2) is 0 Å². The predicted octanol–water partition coefficient (Wildman–Crippen LogP) is 1.46. The Labute approximate surface area is 170 Å². The van der Waals surface area contributed by atoms with Crippen molar-refractivity contribution < 1.29 is 14.6 Å². The summed E-state index contributed by atoms with van der Waals surface area (Å²) in [5, 5.41) is 13.1. The van der Waals surface area contributed by atoms with E-state index in [1.165, 1.54) is 6.42 Å². The summed E-state index contributed by atoms with van der Waals surface area (Å²) < 4.78 is 11.8. The van der Waals surface area contributed by atoms with Crippen LogP contribution in [0.25, 0.3) is 0 Å². The molecule has 7 heteroatoms. The SMILES string of the molecule is CCNC(=NCCCN1CCC(O)CC1)N1CCC(OCC2CCCO2)CC1. The van der Waals surface area contributed by atoms with E-state index >= 15 is 0 Å². The lowest BCUT2D eigenvalue weighted by Gasteiger charge is -2.34. The molecule has 0 aromatic rings. The molecule has 3 heterocycles. The quantitative estimate of drug-likeness (QED) is 0.368. The van der Waals surface area contributed by atoms with Gasteiger partial charge in [-0.1, -0.05) is 0 Å². The second-order valence-corrected chi connectivity index (χ2v) is 8.32. The molecule has 0 spiro atoms. The number of nitrogens with zero attached hydrogens (tertiary/aromatic N) is 3. The van der Waals surface area contributed by atoms with Gasteiger partial charge < -0.3 is 29.7 Å². The van der Waals surface area contributed by atoms with Crippen molar-refractivity contribution >= 4 is 5.96 Å². The number of aliphatic hydroxyl groups is 1. The average Bonchev–Trinajstić information content (AvgIpc) is 3.24. The van der Waals surface area contributed by atoms with Gasteiger partial charge in [0, 0.05) is 45.9 Å². The monoisotopic (exact) mass is 396 g/mol. The van der Waals surface area contributed by atoms with Crippen molar-refractivity contribution in [3.63, 3.8) is 0 Å². The van der Waals surface area contributed by atoms with Crippen LogP contribution < -0.4 is 5.32 Å². The van der Waals surface area contributed by atoms with E-state index in [0.717, 1.165) is 104 Å². The molecule has 0 bridgehead atoms. The van der Waals surface area contributed by atoms with E-state index in [2.05, 4.69) is 22.0 Å². The number of piperidine rings is 2. The molecule has 3 aliphatic heterocycles. The highest BCUT2D eigenvalue weighted by Gasteiger charge is 2.24. The summed E-state index contributed by atoms with van der Waals surface area (Å²) in [6, 6.07) is 0. The molecule has 3 saturated heterocycles. The fourth-order valence-electron chi connectivity index (χ4n) is 4.30.